The molecule has 1 saturated heterocycles. The number of hydrogen-bond donors (Lipinski definition) is 1. The van der Waals surface area contributed by atoms with Crippen LogP contribution in [0.25, 0.3) is 0 Å². The molecule has 1 atom stereocenters. The summed E-state index contributed by atoms with van der Waals surface area (Å²) in [6.07, 6.45) is 2.76. The Morgan fingerprint density at radius 3 is 2.38 bits per heavy atom. The predicted octanol–water partition coefficient (Wildman–Crippen LogP) is 3.26. The van der Waals surface area contributed by atoms with Crippen LogP contribution in [0.2, 0.25) is 0 Å². The van der Waals surface area contributed by atoms with E-state index in [-0.39, 0.29) is 24.3 Å². The van der Waals surface area contributed by atoms with E-state index in [4.69, 9.17) is 4.74 Å². The number of carbonyl (C=O) groups is 1. The van der Waals surface area contributed by atoms with Gasteiger partial charge in [-0.1, -0.05) is 30.3 Å². The Bertz CT molecular complexity index is 506. The summed E-state index contributed by atoms with van der Waals surface area (Å²) >= 11 is 0. The van der Waals surface area contributed by atoms with E-state index in [1.807, 2.05) is 36.9 Å². The van der Waals surface area contributed by atoms with Gasteiger partial charge in [0.05, 0.1) is 12.1 Å². The van der Waals surface area contributed by atoms with E-state index in [0.717, 1.165) is 31.2 Å². The van der Waals surface area contributed by atoms with Crippen LogP contribution in [-0.2, 0) is 4.74 Å². The summed E-state index contributed by atoms with van der Waals surface area (Å²) in [5.41, 5.74) is 0.577. The maximum atomic E-state index is 12.4. The molecule has 3 rings (SSSR count). The predicted molar refractivity (Wildman–Crippen MR) is 79.8 cm³/mol. The normalized spacial score (nSPS) is 32.0. The van der Waals surface area contributed by atoms with E-state index in [0.29, 0.717) is 0 Å². The van der Waals surface area contributed by atoms with Crippen molar-refractivity contribution in [2.45, 2.75) is 63.3 Å². The minimum atomic E-state index is -0.533. The third-order valence-electron chi connectivity index (χ3n) is 4.67. The fourth-order valence-corrected chi connectivity index (χ4v) is 3.67. The lowest BCUT2D eigenvalue weighted by Gasteiger charge is -2.37. The highest BCUT2D eigenvalue weighted by Crippen LogP contribution is 2.44. The third-order valence-corrected chi connectivity index (χ3v) is 4.67. The van der Waals surface area contributed by atoms with Crippen molar-refractivity contribution in [3.8, 4) is 0 Å². The number of carbonyl (C=O) groups excluding carboxylic acids is 1. The second kappa shape index (κ2) is 5.34. The summed E-state index contributed by atoms with van der Waals surface area (Å²) in [6, 6.07) is 10.2. The van der Waals surface area contributed by atoms with Crippen LogP contribution in [0.1, 0.15) is 51.1 Å². The van der Waals surface area contributed by atoms with Crippen molar-refractivity contribution in [1.29, 1.82) is 0 Å². The Morgan fingerprint density at radius 2 is 1.76 bits per heavy atom. The minimum absolute atomic E-state index is 0.0635. The maximum absolute atomic E-state index is 12.4. The highest BCUT2D eigenvalue weighted by atomic mass is 16.6. The van der Waals surface area contributed by atoms with Gasteiger partial charge in [-0.25, -0.2) is 4.79 Å². The number of aliphatic hydroxyl groups excluding tert-OH is 1. The van der Waals surface area contributed by atoms with Crippen LogP contribution in [0, 0.1) is 0 Å². The van der Waals surface area contributed by atoms with Gasteiger partial charge in [0, 0.05) is 6.04 Å². The minimum Gasteiger partial charge on any atom is -0.441 e. The molecule has 2 fully saturated rings. The Morgan fingerprint density at radius 1 is 1.14 bits per heavy atom. The van der Waals surface area contributed by atoms with Crippen LogP contribution in [-0.4, -0.2) is 33.8 Å². The number of amides is 1. The molecule has 4 heteroatoms. The van der Waals surface area contributed by atoms with E-state index >= 15 is 0 Å². The maximum Gasteiger partial charge on any atom is 0.411 e. The van der Waals surface area contributed by atoms with Crippen molar-refractivity contribution >= 4 is 6.09 Å². The van der Waals surface area contributed by atoms with Crippen LogP contribution in [0.15, 0.2) is 30.3 Å². The molecule has 1 aromatic rings. The number of ether oxygens (including phenoxy) is 1. The molecule has 0 unspecified atom stereocenters. The molecule has 0 bridgehead atoms. The summed E-state index contributed by atoms with van der Waals surface area (Å²) < 4.78 is 5.63. The molecule has 1 aromatic carbocycles. The van der Waals surface area contributed by atoms with E-state index in [2.05, 4.69) is 12.1 Å². The zero-order valence-electron chi connectivity index (χ0n) is 12.7. The largest absolute Gasteiger partial charge is 0.441 e. The average molecular weight is 289 g/mol. The van der Waals surface area contributed by atoms with Crippen molar-refractivity contribution < 1.29 is 14.6 Å². The lowest BCUT2D eigenvalue weighted by molar-refractivity contribution is 0.0623. The first kappa shape index (κ1) is 14.4. The first-order valence-electron chi connectivity index (χ1n) is 7.73. The fraction of sp³-hybridized carbons (Fsp3) is 0.588. The molecule has 21 heavy (non-hydrogen) atoms. The number of benzene rings is 1. The quantitative estimate of drug-likeness (QED) is 0.909. The van der Waals surface area contributed by atoms with Gasteiger partial charge < -0.3 is 9.84 Å². The molecule has 1 N–H and O–H groups in total. The number of hydrogen-bond acceptors (Lipinski definition) is 3. The Labute approximate surface area is 125 Å². The SMILES string of the molecule is CC1(C)OC(=O)N(C2CCC(O)CC2)[C@H]1c1ccccc1. The molecule has 1 aliphatic carbocycles. The number of aliphatic hydroxyl groups is 1. The van der Waals surface area contributed by atoms with Crippen molar-refractivity contribution in [1.82, 2.24) is 4.90 Å². The van der Waals surface area contributed by atoms with Gasteiger partial charge in [0.1, 0.15) is 5.60 Å². The zero-order valence-corrected chi connectivity index (χ0v) is 12.7. The van der Waals surface area contributed by atoms with Gasteiger partial charge in [0.15, 0.2) is 0 Å². The first-order chi connectivity index (χ1) is 9.99. The molecule has 1 heterocycles. The molecule has 1 aliphatic heterocycles. The molecule has 1 saturated carbocycles. The zero-order chi connectivity index (χ0) is 15.0. The lowest BCUT2D eigenvalue weighted by Crippen LogP contribution is -2.43. The van der Waals surface area contributed by atoms with Gasteiger partial charge in [-0.15, -0.1) is 0 Å². The average Bonchev–Trinajstić information content (AvgIpc) is 2.70. The van der Waals surface area contributed by atoms with E-state index in [1.54, 1.807) is 0 Å². The molecule has 114 valence electrons. The fourth-order valence-electron chi connectivity index (χ4n) is 3.67. The topological polar surface area (TPSA) is 49.8 Å². The molecule has 0 radical (unpaired) electrons. The van der Waals surface area contributed by atoms with Crippen LogP contribution in [0.3, 0.4) is 0 Å². The Hall–Kier alpha value is -1.55. The van der Waals surface area contributed by atoms with Crippen LogP contribution < -0.4 is 0 Å². The molecule has 2 aliphatic rings. The second-order valence-corrected chi connectivity index (χ2v) is 6.65. The third kappa shape index (κ3) is 2.64. The van der Waals surface area contributed by atoms with Gasteiger partial charge in [-0.2, -0.15) is 0 Å². The van der Waals surface area contributed by atoms with Crippen LogP contribution in [0.5, 0.6) is 0 Å². The summed E-state index contributed by atoms with van der Waals surface area (Å²) in [4.78, 5) is 14.3. The first-order valence-corrected chi connectivity index (χ1v) is 7.73. The van der Waals surface area contributed by atoms with Crippen molar-refractivity contribution in [2.24, 2.45) is 0 Å². The molecule has 1 amide bonds. The summed E-state index contributed by atoms with van der Waals surface area (Å²) in [7, 11) is 0. The van der Waals surface area contributed by atoms with E-state index in [9.17, 15) is 9.90 Å². The number of cyclic esters (lactones) is 1. The molecule has 0 spiro atoms. The van der Waals surface area contributed by atoms with Gasteiger partial charge in [0.2, 0.25) is 0 Å². The standard InChI is InChI=1S/C17H23NO3/c1-17(2)15(12-6-4-3-5-7-12)18(16(20)21-17)13-8-10-14(19)11-9-13/h3-7,13-15,19H,8-11H2,1-2H3/t13?,14?,15-/m0/s1. The van der Waals surface area contributed by atoms with Gasteiger partial charge in [0.25, 0.3) is 0 Å². The van der Waals surface area contributed by atoms with E-state index in [1.165, 1.54) is 0 Å². The van der Waals surface area contributed by atoms with Crippen molar-refractivity contribution in [3.63, 3.8) is 0 Å². The summed E-state index contributed by atoms with van der Waals surface area (Å²) in [6.45, 7) is 3.94. The van der Waals surface area contributed by atoms with Crippen LogP contribution >= 0.6 is 0 Å². The van der Waals surface area contributed by atoms with Crippen molar-refractivity contribution in [2.75, 3.05) is 0 Å². The lowest BCUT2D eigenvalue weighted by atomic mass is 9.87. The van der Waals surface area contributed by atoms with Crippen LogP contribution in [0.4, 0.5) is 4.79 Å². The summed E-state index contributed by atoms with van der Waals surface area (Å²) in [5, 5.41) is 9.69. The number of rotatable bonds is 2. The smallest absolute Gasteiger partial charge is 0.411 e. The molecular formula is C17H23NO3. The Kier molecular flexibility index (Phi) is 3.66. The second-order valence-electron chi connectivity index (χ2n) is 6.65. The summed E-state index contributed by atoms with van der Waals surface area (Å²) in [5.74, 6) is 0. The van der Waals surface area contributed by atoms with Gasteiger partial charge in [-0.05, 0) is 45.1 Å². The molecule has 0 aromatic heterocycles. The highest BCUT2D eigenvalue weighted by Gasteiger charge is 2.51. The Balaban J connectivity index is 1.91. The highest BCUT2D eigenvalue weighted by molar-refractivity contribution is 5.72. The van der Waals surface area contributed by atoms with Gasteiger partial charge in [-0.3, -0.25) is 4.90 Å². The van der Waals surface area contributed by atoms with Crippen molar-refractivity contribution in [3.05, 3.63) is 35.9 Å². The van der Waals surface area contributed by atoms with Gasteiger partial charge >= 0.3 is 6.09 Å². The molecular weight excluding hydrogens is 266 g/mol. The number of nitrogens with zero attached hydrogens (tertiary/aromatic N) is 1. The monoisotopic (exact) mass is 289 g/mol. The molecule has 4 nitrogen and oxygen atoms in total. The van der Waals surface area contributed by atoms with E-state index < -0.39 is 5.60 Å².